The first-order chi connectivity index (χ1) is 15.8. The van der Waals surface area contributed by atoms with Gasteiger partial charge in [-0.1, -0.05) is 18.2 Å². The summed E-state index contributed by atoms with van der Waals surface area (Å²) in [7, 11) is -3.94. The topological polar surface area (TPSA) is 63.7 Å². The van der Waals surface area contributed by atoms with Crippen molar-refractivity contribution in [3.8, 4) is 0 Å². The summed E-state index contributed by atoms with van der Waals surface area (Å²) < 4.78 is 72.1. The summed E-state index contributed by atoms with van der Waals surface area (Å²) in [6.45, 7) is 6.30. The fourth-order valence-corrected chi connectivity index (χ4v) is 6.26. The Bertz CT molecular complexity index is 1110. The molecule has 34 heavy (non-hydrogen) atoms. The molecule has 0 radical (unpaired) electrons. The highest BCUT2D eigenvalue weighted by Gasteiger charge is 2.35. The SMILES string of the molecule is CC(C)(C)OC(=O)N1CCC(CSc2cc(S(=O)(=O)c3ccccc3)ccc2C(F)(F)F)CC1. The molecule has 10 heteroatoms. The molecule has 5 nitrogen and oxygen atoms in total. The van der Waals surface area contributed by atoms with Crippen LogP contribution in [-0.2, 0) is 20.8 Å². The Morgan fingerprint density at radius 3 is 2.21 bits per heavy atom. The van der Waals surface area contributed by atoms with Crippen LogP contribution < -0.4 is 0 Å². The van der Waals surface area contributed by atoms with Gasteiger partial charge >= 0.3 is 12.3 Å². The predicted molar refractivity (Wildman–Crippen MR) is 125 cm³/mol. The van der Waals surface area contributed by atoms with Crippen molar-refractivity contribution in [2.24, 2.45) is 5.92 Å². The number of hydrogen-bond donors (Lipinski definition) is 0. The Kier molecular flexibility index (Phi) is 7.92. The zero-order valence-corrected chi connectivity index (χ0v) is 20.9. The maximum atomic E-state index is 13.6. The number of benzene rings is 2. The van der Waals surface area contributed by atoms with E-state index in [2.05, 4.69) is 0 Å². The van der Waals surface area contributed by atoms with E-state index in [0.29, 0.717) is 31.7 Å². The lowest BCUT2D eigenvalue weighted by Gasteiger charge is -2.33. The highest BCUT2D eigenvalue weighted by atomic mass is 32.2. The van der Waals surface area contributed by atoms with Gasteiger partial charge in [-0.25, -0.2) is 13.2 Å². The third kappa shape index (κ3) is 6.69. The summed E-state index contributed by atoms with van der Waals surface area (Å²) >= 11 is 1.01. The van der Waals surface area contributed by atoms with Gasteiger partial charge in [0.15, 0.2) is 0 Å². The monoisotopic (exact) mass is 515 g/mol. The van der Waals surface area contributed by atoms with Crippen LogP contribution >= 0.6 is 11.8 Å². The normalized spacial score (nSPS) is 15.9. The molecule has 0 aromatic heterocycles. The number of hydrogen-bond acceptors (Lipinski definition) is 5. The average molecular weight is 516 g/mol. The van der Waals surface area contributed by atoms with Crippen LogP contribution in [0.2, 0.25) is 0 Å². The molecule has 2 aromatic rings. The number of alkyl halides is 3. The van der Waals surface area contributed by atoms with Crippen LogP contribution in [0.5, 0.6) is 0 Å². The van der Waals surface area contributed by atoms with Gasteiger partial charge in [0.1, 0.15) is 5.60 Å². The summed E-state index contributed by atoms with van der Waals surface area (Å²) in [6.07, 6.45) is -3.72. The number of likely N-dealkylation sites (tertiary alicyclic amines) is 1. The average Bonchev–Trinajstić information content (AvgIpc) is 2.76. The minimum absolute atomic E-state index is 0.0280. The van der Waals surface area contributed by atoms with Crippen molar-refractivity contribution in [1.82, 2.24) is 4.90 Å². The number of halogens is 3. The number of thioether (sulfide) groups is 1. The molecule has 1 amide bonds. The number of nitrogens with zero attached hydrogens (tertiary/aromatic N) is 1. The first kappa shape index (κ1) is 26.4. The molecule has 1 aliphatic rings. The maximum absolute atomic E-state index is 13.6. The number of carbonyl (C=O) groups excluding carboxylic acids is 1. The van der Waals surface area contributed by atoms with Gasteiger partial charge in [-0.05, 0) is 69.9 Å². The van der Waals surface area contributed by atoms with E-state index in [-0.39, 0.29) is 20.6 Å². The molecular weight excluding hydrogens is 487 g/mol. The largest absolute Gasteiger partial charge is 0.444 e. The zero-order chi connectivity index (χ0) is 25.1. The summed E-state index contributed by atoms with van der Waals surface area (Å²) in [6, 6.07) is 10.6. The maximum Gasteiger partial charge on any atom is 0.417 e. The number of sulfone groups is 1. The molecule has 1 saturated heterocycles. The van der Waals surface area contributed by atoms with E-state index in [1.807, 2.05) is 0 Å². The number of carbonyl (C=O) groups is 1. The van der Waals surface area contributed by atoms with E-state index in [0.717, 1.165) is 30.0 Å². The van der Waals surface area contributed by atoms with Crippen LogP contribution in [0.3, 0.4) is 0 Å². The minimum atomic E-state index is -4.60. The minimum Gasteiger partial charge on any atom is -0.444 e. The predicted octanol–water partition coefficient (Wildman–Crippen LogP) is 6.28. The molecule has 0 aliphatic carbocycles. The van der Waals surface area contributed by atoms with Crippen molar-refractivity contribution < 1.29 is 31.1 Å². The molecule has 0 bridgehead atoms. The Labute approximate surface area is 202 Å². The van der Waals surface area contributed by atoms with Crippen molar-refractivity contribution in [2.45, 2.75) is 60.1 Å². The first-order valence-electron chi connectivity index (χ1n) is 10.9. The van der Waals surface area contributed by atoms with E-state index in [1.165, 1.54) is 12.1 Å². The zero-order valence-electron chi connectivity index (χ0n) is 19.3. The van der Waals surface area contributed by atoms with Gasteiger partial charge in [0, 0.05) is 23.7 Å². The van der Waals surface area contributed by atoms with E-state index < -0.39 is 33.3 Å². The van der Waals surface area contributed by atoms with Crippen LogP contribution in [0.15, 0.2) is 63.2 Å². The van der Waals surface area contributed by atoms with Gasteiger partial charge in [-0.15, -0.1) is 11.8 Å². The molecule has 0 N–H and O–H groups in total. The van der Waals surface area contributed by atoms with Crippen LogP contribution in [0.25, 0.3) is 0 Å². The van der Waals surface area contributed by atoms with Crippen molar-refractivity contribution in [1.29, 1.82) is 0 Å². The molecule has 0 unspecified atom stereocenters. The highest BCUT2D eigenvalue weighted by molar-refractivity contribution is 7.99. The molecule has 186 valence electrons. The second kappa shape index (κ2) is 10.2. The lowest BCUT2D eigenvalue weighted by atomic mass is 9.99. The molecule has 1 fully saturated rings. The van der Waals surface area contributed by atoms with Gasteiger partial charge < -0.3 is 9.64 Å². The Morgan fingerprint density at radius 2 is 1.65 bits per heavy atom. The van der Waals surface area contributed by atoms with E-state index in [1.54, 1.807) is 43.9 Å². The van der Waals surface area contributed by atoms with Crippen LogP contribution in [-0.4, -0.2) is 43.9 Å². The lowest BCUT2D eigenvalue weighted by molar-refractivity contribution is -0.139. The Morgan fingerprint density at radius 1 is 1.03 bits per heavy atom. The van der Waals surface area contributed by atoms with Gasteiger partial charge in [0.25, 0.3) is 0 Å². The molecule has 0 spiro atoms. The summed E-state index contributed by atoms with van der Waals surface area (Å²) in [5.74, 6) is 0.485. The van der Waals surface area contributed by atoms with Crippen LogP contribution in [0.1, 0.15) is 39.2 Å². The molecular formula is C24H28F3NO4S2. The van der Waals surface area contributed by atoms with E-state index in [9.17, 15) is 26.4 Å². The number of ether oxygens (including phenoxy) is 1. The van der Waals surface area contributed by atoms with E-state index in [4.69, 9.17) is 4.74 Å². The molecule has 3 rings (SSSR count). The molecule has 1 aliphatic heterocycles. The molecule has 2 aromatic carbocycles. The fraction of sp³-hybridized carbons (Fsp3) is 0.458. The fourth-order valence-electron chi connectivity index (χ4n) is 3.58. The van der Waals surface area contributed by atoms with Crippen molar-refractivity contribution in [2.75, 3.05) is 18.8 Å². The van der Waals surface area contributed by atoms with Crippen molar-refractivity contribution >= 4 is 27.7 Å². The Hall–Kier alpha value is -2.20. The second-order valence-corrected chi connectivity index (χ2v) is 12.2. The lowest BCUT2D eigenvalue weighted by Crippen LogP contribution is -2.42. The standard InChI is InChI=1S/C24H28F3NO4S2/c1-23(2,3)32-22(29)28-13-11-17(12-14-28)16-33-21-15-19(9-10-20(21)24(25,26)27)34(30,31)18-7-5-4-6-8-18/h4-10,15,17H,11-14,16H2,1-3H3. The van der Waals surface area contributed by atoms with Crippen LogP contribution in [0.4, 0.5) is 18.0 Å². The first-order valence-corrected chi connectivity index (χ1v) is 13.4. The number of amides is 1. The summed E-state index contributed by atoms with van der Waals surface area (Å²) in [5, 5.41) is 0. The van der Waals surface area contributed by atoms with Gasteiger partial charge in [-0.2, -0.15) is 13.2 Å². The highest BCUT2D eigenvalue weighted by Crippen LogP contribution is 2.40. The number of piperidine rings is 1. The van der Waals surface area contributed by atoms with Gasteiger partial charge in [0.05, 0.1) is 15.4 Å². The second-order valence-electron chi connectivity index (χ2n) is 9.19. The summed E-state index contributed by atoms with van der Waals surface area (Å²) in [4.78, 5) is 13.6. The van der Waals surface area contributed by atoms with Crippen LogP contribution in [0, 0.1) is 5.92 Å². The molecule has 1 heterocycles. The van der Waals surface area contributed by atoms with Crippen molar-refractivity contribution in [3.05, 3.63) is 54.1 Å². The third-order valence-electron chi connectivity index (χ3n) is 5.36. The molecule has 0 saturated carbocycles. The van der Waals surface area contributed by atoms with Gasteiger partial charge in [0.2, 0.25) is 9.84 Å². The third-order valence-corrected chi connectivity index (χ3v) is 8.42. The Balaban J connectivity index is 1.73. The number of rotatable bonds is 5. The van der Waals surface area contributed by atoms with E-state index >= 15 is 0 Å². The van der Waals surface area contributed by atoms with Gasteiger partial charge in [-0.3, -0.25) is 0 Å². The quantitative estimate of drug-likeness (QED) is 0.439. The summed E-state index contributed by atoms with van der Waals surface area (Å²) in [5.41, 5.74) is -1.45. The smallest absolute Gasteiger partial charge is 0.417 e. The van der Waals surface area contributed by atoms with Crippen molar-refractivity contribution in [3.63, 3.8) is 0 Å². The molecule has 0 atom stereocenters.